The van der Waals surface area contributed by atoms with Gasteiger partial charge in [0.25, 0.3) is 8.53 Å². The standard InChI is InChI=1S/C19H33N2O6P/c1-7-10-23-19(22)24-13-18-17(12-16(6)26-18)27-28(25-11-8-9-20)21(14(2)3)15(4)5/h7,14-18H,1,8,10-13H2,2-6H3/t16-,17-,18+,28?/m0/s1. The highest BCUT2D eigenvalue weighted by Gasteiger charge is 2.39. The van der Waals surface area contributed by atoms with Crippen LogP contribution in [0, 0.1) is 11.3 Å². The zero-order chi connectivity index (χ0) is 21.1. The zero-order valence-corrected chi connectivity index (χ0v) is 18.4. The zero-order valence-electron chi connectivity index (χ0n) is 17.5. The smallest absolute Gasteiger partial charge is 0.431 e. The van der Waals surface area contributed by atoms with Gasteiger partial charge in [0.05, 0.1) is 31.3 Å². The highest BCUT2D eigenvalue weighted by atomic mass is 31.2. The second-order valence-corrected chi connectivity index (χ2v) is 8.48. The van der Waals surface area contributed by atoms with Gasteiger partial charge >= 0.3 is 6.16 Å². The third-order valence-electron chi connectivity index (χ3n) is 3.96. The molecule has 1 saturated heterocycles. The summed E-state index contributed by atoms with van der Waals surface area (Å²) in [5.74, 6) is 0. The number of carbonyl (C=O) groups is 1. The normalized spacial score (nSPS) is 23.0. The number of nitrogens with zero attached hydrogens (tertiary/aromatic N) is 2. The van der Waals surface area contributed by atoms with Crippen LogP contribution in [0.5, 0.6) is 0 Å². The molecule has 4 atom stereocenters. The summed E-state index contributed by atoms with van der Waals surface area (Å²) in [6.07, 6.45) is 0.962. The summed E-state index contributed by atoms with van der Waals surface area (Å²) in [7, 11) is -1.39. The lowest BCUT2D eigenvalue weighted by molar-refractivity contribution is -0.0332. The largest absolute Gasteiger partial charge is 0.508 e. The van der Waals surface area contributed by atoms with Crippen molar-refractivity contribution in [3.05, 3.63) is 12.7 Å². The third kappa shape index (κ3) is 8.42. The molecule has 28 heavy (non-hydrogen) atoms. The van der Waals surface area contributed by atoms with E-state index in [0.717, 1.165) is 0 Å². The Morgan fingerprint density at radius 1 is 1.36 bits per heavy atom. The summed E-state index contributed by atoms with van der Waals surface area (Å²) >= 11 is 0. The third-order valence-corrected chi connectivity index (χ3v) is 6.11. The average Bonchev–Trinajstić information content (AvgIpc) is 2.96. The van der Waals surface area contributed by atoms with Crippen LogP contribution in [0.15, 0.2) is 12.7 Å². The summed E-state index contributed by atoms with van der Waals surface area (Å²) in [4.78, 5) is 11.6. The fourth-order valence-corrected chi connectivity index (χ4v) is 4.67. The van der Waals surface area contributed by atoms with Gasteiger partial charge in [0.2, 0.25) is 0 Å². The topological polar surface area (TPSA) is 90.3 Å². The molecule has 0 radical (unpaired) electrons. The van der Waals surface area contributed by atoms with Crippen molar-refractivity contribution >= 4 is 14.7 Å². The molecule has 160 valence electrons. The molecule has 0 amide bonds. The fourth-order valence-electron chi connectivity index (χ4n) is 2.91. The number of hydrogen-bond acceptors (Lipinski definition) is 8. The fraction of sp³-hybridized carbons (Fsp3) is 0.789. The van der Waals surface area contributed by atoms with Gasteiger partial charge in [-0.3, -0.25) is 0 Å². The first-order valence-electron chi connectivity index (χ1n) is 9.61. The van der Waals surface area contributed by atoms with Crippen molar-refractivity contribution in [2.45, 2.75) is 77.9 Å². The van der Waals surface area contributed by atoms with Crippen molar-refractivity contribution in [1.29, 1.82) is 5.26 Å². The molecule has 0 N–H and O–H groups in total. The van der Waals surface area contributed by atoms with Crippen molar-refractivity contribution in [2.24, 2.45) is 0 Å². The van der Waals surface area contributed by atoms with Crippen molar-refractivity contribution < 1.29 is 28.1 Å². The summed E-state index contributed by atoms with van der Waals surface area (Å²) in [5.41, 5.74) is 0. The van der Waals surface area contributed by atoms with Gasteiger partial charge < -0.3 is 23.3 Å². The maximum Gasteiger partial charge on any atom is 0.508 e. The molecule has 1 unspecified atom stereocenters. The molecule has 1 aliphatic rings. The molecule has 1 heterocycles. The quantitative estimate of drug-likeness (QED) is 0.203. The number of nitriles is 1. The van der Waals surface area contributed by atoms with Crippen molar-refractivity contribution in [3.8, 4) is 6.07 Å². The van der Waals surface area contributed by atoms with Crippen LogP contribution in [0.3, 0.4) is 0 Å². The van der Waals surface area contributed by atoms with Crippen LogP contribution in [0.25, 0.3) is 0 Å². The lowest BCUT2D eigenvalue weighted by atomic mass is 10.1. The van der Waals surface area contributed by atoms with Crippen LogP contribution in [0.1, 0.15) is 47.5 Å². The molecule has 1 aliphatic heterocycles. The van der Waals surface area contributed by atoms with Gasteiger partial charge in [-0.1, -0.05) is 12.7 Å². The van der Waals surface area contributed by atoms with Crippen LogP contribution >= 0.6 is 8.53 Å². The van der Waals surface area contributed by atoms with E-state index in [1.165, 1.54) is 6.08 Å². The lowest BCUT2D eigenvalue weighted by Crippen LogP contribution is -2.36. The Hall–Kier alpha value is -1.23. The second-order valence-electron chi connectivity index (χ2n) is 7.07. The minimum Gasteiger partial charge on any atom is -0.431 e. The maximum absolute atomic E-state index is 11.6. The first-order chi connectivity index (χ1) is 13.3. The van der Waals surface area contributed by atoms with E-state index in [2.05, 4.69) is 45.0 Å². The Kier molecular flexibility index (Phi) is 11.6. The summed E-state index contributed by atoms with van der Waals surface area (Å²) < 4.78 is 30.2. The minimum absolute atomic E-state index is 0.0229. The molecular weight excluding hydrogens is 383 g/mol. The molecule has 0 aromatic carbocycles. The van der Waals surface area contributed by atoms with Crippen molar-refractivity contribution in [3.63, 3.8) is 0 Å². The number of rotatable bonds is 12. The molecule has 0 aromatic heterocycles. The molecule has 9 heteroatoms. The Morgan fingerprint density at radius 3 is 2.61 bits per heavy atom. The van der Waals surface area contributed by atoms with E-state index in [4.69, 9.17) is 28.5 Å². The highest BCUT2D eigenvalue weighted by Crippen LogP contribution is 2.49. The van der Waals surface area contributed by atoms with Gasteiger partial charge in [-0.2, -0.15) is 5.26 Å². The molecular formula is C19H33N2O6P. The monoisotopic (exact) mass is 416 g/mol. The van der Waals surface area contributed by atoms with Crippen molar-refractivity contribution in [1.82, 2.24) is 4.67 Å². The summed E-state index contributed by atoms with van der Waals surface area (Å²) in [5, 5.41) is 8.82. The molecule has 0 saturated carbocycles. The van der Waals surface area contributed by atoms with Gasteiger partial charge in [0, 0.05) is 18.5 Å². The Balaban J connectivity index is 2.77. The second kappa shape index (κ2) is 13.1. The number of carbonyl (C=O) groups excluding carboxylic acids is 1. The molecule has 0 bridgehead atoms. The predicted octanol–water partition coefficient (Wildman–Crippen LogP) is 4.16. The van der Waals surface area contributed by atoms with Gasteiger partial charge in [-0.25, -0.2) is 9.46 Å². The van der Waals surface area contributed by atoms with Crippen LogP contribution in [0.2, 0.25) is 0 Å². The van der Waals surface area contributed by atoms with E-state index in [9.17, 15) is 4.79 Å². The summed E-state index contributed by atoms with van der Waals surface area (Å²) in [6, 6.07) is 2.50. The highest BCUT2D eigenvalue weighted by molar-refractivity contribution is 7.44. The van der Waals surface area contributed by atoms with E-state index >= 15 is 0 Å². The Bertz CT molecular complexity index is 517. The molecule has 1 fully saturated rings. The van der Waals surface area contributed by atoms with Gasteiger partial charge in [0.15, 0.2) is 0 Å². The molecule has 0 spiro atoms. The first kappa shape index (κ1) is 24.8. The summed E-state index contributed by atoms with van der Waals surface area (Å²) in [6.45, 7) is 14.2. The van der Waals surface area contributed by atoms with Gasteiger partial charge in [-0.15, -0.1) is 0 Å². The first-order valence-corrected chi connectivity index (χ1v) is 10.7. The molecule has 1 rings (SSSR count). The molecule has 8 nitrogen and oxygen atoms in total. The van der Waals surface area contributed by atoms with E-state index in [-0.39, 0.29) is 37.5 Å². The van der Waals surface area contributed by atoms with E-state index in [0.29, 0.717) is 19.4 Å². The Morgan fingerprint density at radius 2 is 2.04 bits per heavy atom. The number of hydrogen-bond donors (Lipinski definition) is 0. The Labute approximate surface area is 169 Å². The van der Waals surface area contributed by atoms with Gasteiger partial charge in [0.1, 0.15) is 19.3 Å². The minimum atomic E-state index is -1.39. The SMILES string of the molecule is C=CCOC(=O)OC[C@H]1O[C@@H](C)C[C@@H]1OP(OCCC#N)N(C(C)C)C(C)C. The van der Waals surface area contributed by atoms with Gasteiger partial charge in [-0.05, 0) is 34.6 Å². The lowest BCUT2D eigenvalue weighted by Gasteiger charge is -2.37. The van der Waals surface area contributed by atoms with Crippen LogP contribution in [-0.4, -0.2) is 61.0 Å². The molecule has 0 aromatic rings. The van der Waals surface area contributed by atoms with E-state index in [1.807, 2.05) is 6.92 Å². The van der Waals surface area contributed by atoms with Crippen LogP contribution in [-0.2, 0) is 23.3 Å². The average molecular weight is 416 g/mol. The number of ether oxygens (including phenoxy) is 3. The van der Waals surface area contributed by atoms with Crippen molar-refractivity contribution in [2.75, 3.05) is 19.8 Å². The maximum atomic E-state index is 11.6. The van der Waals surface area contributed by atoms with Crippen LogP contribution < -0.4 is 0 Å². The van der Waals surface area contributed by atoms with E-state index < -0.39 is 20.8 Å². The predicted molar refractivity (Wildman–Crippen MR) is 107 cm³/mol. The van der Waals surface area contributed by atoms with E-state index in [1.54, 1.807) is 0 Å². The van der Waals surface area contributed by atoms with Crippen LogP contribution in [0.4, 0.5) is 4.79 Å². The molecule has 0 aliphatic carbocycles.